The molecular weight excluding hydrogens is 371 g/mol. The second-order valence-electron chi connectivity index (χ2n) is 5.98. The second kappa shape index (κ2) is 6.63. The predicted octanol–water partition coefficient (Wildman–Crippen LogP) is 4.88. The van der Waals surface area contributed by atoms with E-state index in [-0.39, 0.29) is 22.6 Å². The zero-order valence-electron chi connectivity index (χ0n) is 14.9. The Labute approximate surface area is 157 Å². The van der Waals surface area contributed by atoms with Gasteiger partial charge >= 0.3 is 6.18 Å². The maximum absolute atomic E-state index is 13.9. The summed E-state index contributed by atoms with van der Waals surface area (Å²) in [5, 5.41) is 0.229. The zero-order chi connectivity index (χ0) is 19.9. The molecule has 4 aromatic rings. The number of hydrogen-bond acceptors (Lipinski definition) is 5. The van der Waals surface area contributed by atoms with Crippen molar-refractivity contribution in [2.75, 3.05) is 14.2 Å². The topological polar surface area (TPSA) is 57.1 Å². The summed E-state index contributed by atoms with van der Waals surface area (Å²) in [5.41, 5.74) is -0.0265. The number of methoxy groups -OCH3 is 2. The summed E-state index contributed by atoms with van der Waals surface area (Å²) in [6.45, 7) is 0. The van der Waals surface area contributed by atoms with Crippen LogP contribution in [0.25, 0.3) is 33.2 Å². The van der Waals surface area contributed by atoms with E-state index in [1.54, 1.807) is 48.5 Å². The van der Waals surface area contributed by atoms with Gasteiger partial charge in [-0.05, 0) is 30.3 Å². The number of nitrogens with zero attached hydrogens (tertiary/aromatic N) is 3. The molecule has 28 heavy (non-hydrogen) atoms. The Morgan fingerprint density at radius 3 is 2.18 bits per heavy atom. The number of para-hydroxylation sites is 1. The molecule has 2 heterocycles. The molecule has 2 aromatic carbocycles. The van der Waals surface area contributed by atoms with Gasteiger partial charge in [-0.2, -0.15) is 13.2 Å². The first-order valence-electron chi connectivity index (χ1n) is 8.28. The van der Waals surface area contributed by atoms with Gasteiger partial charge in [0.25, 0.3) is 0 Å². The lowest BCUT2D eigenvalue weighted by Crippen LogP contribution is -2.12. The van der Waals surface area contributed by atoms with Crippen molar-refractivity contribution >= 4 is 21.8 Å². The van der Waals surface area contributed by atoms with Crippen LogP contribution in [-0.2, 0) is 6.18 Å². The Hall–Kier alpha value is -3.42. The zero-order valence-corrected chi connectivity index (χ0v) is 14.9. The maximum atomic E-state index is 13.9. The molecule has 0 atom stereocenters. The molecule has 0 amide bonds. The Kier molecular flexibility index (Phi) is 4.26. The minimum Gasteiger partial charge on any atom is -0.497 e. The number of pyridine rings is 1. The second-order valence-corrected chi connectivity index (χ2v) is 5.98. The highest BCUT2D eigenvalue weighted by Gasteiger charge is 2.38. The van der Waals surface area contributed by atoms with Crippen molar-refractivity contribution in [1.82, 2.24) is 15.0 Å². The Bertz CT molecular complexity index is 1180. The molecule has 0 aliphatic carbocycles. The van der Waals surface area contributed by atoms with Crippen LogP contribution in [0.15, 0.2) is 48.5 Å². The monoisotopic (exact) mass is 385 g/mol. The molecule has 4 rings (SSSR count). The van der Waals surface area contributed by atoms with Crippen molar-refractivity contribution < 1.29 is 22.6 Å². The van der Waals surface area contributed by atoms with Gasteiger partial charge in [-0.1, -0.05) is 18.2 Å². The average Bonchev–Trinajstić information content (AvgIpc) is 2.71. The van der Waals surface area contributed by atoms with Crippen LogP contribution in [0.4, 0.5) is 13.2 Å². The highest BCUT2D eigenvalue weighted by Crippen LogP contribution is 2.40. The van der Waals surface area contributed by atoms with Crippen LogP contribution in [0.1, 0.15) is 5.69 Å². The summed E-state index contributed by atoms with van der Waals surface area (Å²) in [7, 11) is 2.78. The fourth-order valence-corrected chi connectivity index (χ4v) is 3.02. The van der Waals surface area contributed by atoms with Crippen LogP contribution in [0.3, 0.4) is 0 Å². The van der Waals surface area contributed by atoms with Crippen molar-refractivity contribution in [2.45, 2.75) is 6.18 Å². The SMILES string of the molecule is COc1ccc(-c2nc(C(F)(F)F)c3c(OC)nc4ccccc4c3n2)cc1. The van der Waals surface area contributed by atoms with E-state index in [0.29, 0.717) is 22.2 Å². The first kappa shape index (κ1) is 18.0. The van der Waals surface area contributed by atoms with Crippen molar-refractivity contribution in [2.24, 2.45) is 0 Å². The Morgan fingerprint density at radius 2 is 1.54 bits per heavy atom. The molecule has 0 bridgehead atoms. The number of ether oxygens (including phenoxy) is 2. The number of halogens is 3. The van der Waals surface area contributed by atoms with Gasteiger partial charge < -0.3 is 9.47 Å². The van der Waals surface area contributed by atoms with Gasteiger partial charge in [0.1, 0.15) is 5.75 Å². The third kappa shape index (κ3) is 2.96. The van der Waals surface area contributed by atoms with E-state index in [1.807, 2.05) is 0 Å². The molecule has 5 nitrogen and oxygen atoms in total. The Balaban J connectivity index is 2.12. The van der Waals surface area contributed by atoms with E-state index in [1.165, 1.54) is 14.2 Å². The standard InChI is InChI=1S/C20H14F3N3O2/c1-27-12-9-7-11(8-10-12)18-25-16-13-5-3-4-6-14(13)24-19(28-2)15(16)17(26-18)20(21,22)23/h3-10H,1-2H3. The molecular formula is C20H14F3N3O2. The third-order valence-electron chi connectivity index (χ3n) is 4.31. The summed E-state index contributed by atoms with van der Waals surface area (Å²) in [6.07, 6.45) is -4.71. The van der Waals surface area contributed by atoms with E-state index in [9.17, 15) is 13.2 Å². The van der Waals surface area contributed by atoms with Gasteiger partial charge in [-0.3, -0.25) is 0 Å². The van der Waals surface area contributed by atoms with E-state index in [0.717, 1.165) is 0 Å². The number of fused-ring (bicyclic) bond motifs is 3. The van der Waals surface area contributed by atoms with E-state index in [2.05, 4.69) is 15.0 Å². The molecule has 0 saturated heterocycles. The number of aromatic nitrogens is 3. The van der Waals surface area contributed by atoms with Crippen molar-refractivity contribution in [1.29, 1.82) is 0 Å². The predicted molar refractivity (Wildman–Crippen MR) is 98.4 cm³/mol. The lowest BCUT2D eigenvalue weighted by atomic mass is 10.1. The summed E-state index contributed by atoms with van der Waals surface area (Å²) < 4.78 is 51.8. The first-order chi connectivity index (χ1) is 13.4. The quantitative estimate of drug-likeness (QED) is 0.471. The van der Waals surface area contributed by atoms with Crippen LogP contribution >= 0.6 is 0 Å². The molecule has 2 aromatic heterocycles. The minimum absolute atomic E-state index is 0.0408. The molecule has 0 radical (unpaired) electrons. The van der Waals surface area contributed by atoms with Gasteiger partial charge in [0.2, 0.25) is 5.88 Å². The molecule has 0 aliphatic heterocycles. The average molecular weight is 385 g/mol. The van der Waals surface area contributed by atoms with Gasteiger partial charge in [0.05, 0.1) is 30.6 Å². The van der Waals surface area contributed by atoms with Crippen molar-refractivity contribution in [3.05, 3.63) is 54.2 Å². The number of benzene rings is 2. The number of hydrogen-bond donors (Lipinski definition) is 0. The van der Waals surface area contributed by atoms with Crippen LogP contribution in [0.2, 0.25) is 0 Å². The molecule has 0 saturated carbocycles. The fraction of sp³-hybridized carbons (Fsp3) is 0.150. The van der Waals surface area contributed by atoms with E-state index < -0.39 is 11.9 Å². The van der Waals surface area contributed by atoms with Crippen LogP contribution in [-0.4, -0.2) is 29.2 Å². The first-order valence-corrected chi connectivity index (χ1v) is 8.28. The van der Waals surface area contributed by atoms with Gasteiger partial charge in [-0.25, -0.2) is 15.0 Å². The minimum atomic E-state index is -4.71. The molecule has 142 valence electrons. The molecule has 0 spiro atoms. The van der Waals surface area contributed by atoms with Crippen LogP contribution in [0.5, 0.6) is 11.6 Å². The van der Waals surface area contributed by atoms with Crippen molar-refractivity contribution in [3.63, 3.8) is 0 Å². The van der Waals surface area contributed by atoms with Crippen LogP contribution < -0.4 is 9.47 Å². The lowest BCUT2D eigenvalue weighted by molar-refractivity contribution is -0.139. The van der Waals surface area contributed by atoms with Gasteiger partial charge in [0, 0.05) is 10.9 Å². The van der Waals surface area contributed by atoms with E-state index in [4.69, 9.17) is 9.47 Å². The molecule has 0 N–H and O–H groups in total. The largest absolute Gasteiger partial charge is 0.497 e. The summed E-state index contributed by atoms with van der Waals surface area (Å²) in [4.78, 5) is 12.5. The highest BCUT2D eigenvalue weighted by molar-refractivity contribution is 6.06. The van der Waals surface area contributed by atoms with Gasteiger partial charge in [-0.15, -0.1) is 0 Å². The fourth-order valence-electron chi connectivity index (χ4n) is 3.02. The smallest absolute Gasteiger partial charge is 0.434 e. The van der Waals surface area contributed by atoms with E-state index >= 15 is 0 Å². The molecule has 0 aliphatic rings. The highest BCUT2D eigenvalue weighted by atomic mass is 19.4. The van der Waals surface area contributed by atoms with Crippen molar-refractivity contribution in [3.8, 4) is 23.0 Å². The number of alkyl halides is 3. The summed E-state index contributed by atoms with van der Waals surface area (Å²) in [6, 6.07) is 13.3. The third-order valence-corrected chi connectivity index (χ3v) is 4.31. The Morgan fingerprint density at radius 1 is 0.821 bits per heavy atom. The molecule has 0 unspecified atom stereocenters. The lowest BCUT2D eigenvalue weighted by Gasteiger charge is -2.15. The summed E-state index contributed by atoms with van der Waals surface area (Å²) >= 11 is 0. The van der Waals surface area contributed by atoms with Crippen LogP contribution in [0, 0.1) is 0 Å². The molecule has 0 fully saturated rings. The maximum Gasteiger partial charge on any atom is 0.434 e. The number of rotatable bonds is 3. The van der Waals surface area contributed by atoms with Gasteiger partial charge in [0.15, 0.2) is 11.5 Å². The summed E-state index contributed by atoms with van der Waals surface area (Å²) in [5.74, 6) is 0.375. The molecule has 8 heteroatoms. The normalized spacial score (nSPS) is 11.8.